The number of carbonyl (C=O) groups excluding carboxylic acids is 1. The molecule has 4 N–H and O–H groups in total. The molecule has 4 aromatic rings. The van der Waals surface area contributed by atoms with Crippen LogP contribution >= 0.6 is 0 Å². The minimum atomic E-state index is -4.54. The predicted octanol–water partition coefficient (Wildman–Crippen LogP) is 5.40. The van der Waals surface area contributed by atoms with E-state index in [4.69, 9.17) is 0 Å². The van der Waals surface area contributed by atoms with Crippen LogP contribution in [0.2, 0.25) is 0 Å². The van der Waals surface area contributed by atoms with Crippen LogP contribution in [0.3, 0.4) is 0 Å². The van der Waals surface area contributed by atoms with Crippen LogP contribution in [-0.2, 0) is 10.1 Å². The SMILES string of the molecule is Cc1ccc(NC(=O)c2cc3ccccc3c(N=Nc3cc(S(=O)(=O)O)ccc3O)c2O)c(C)c1.[Na]. The number of phenolic OH excluding ortho intramolecular Hbond substituents is 2. The molecule has 0 aliphatic heterocycles. The molecule has 0 heterocycles. The van der Waals surface area contributed by atoms with Crippen LogP contribution in [0.25, 0.3) is 10.8 Å². The molecule has 0 saturated heterocycles. The van der Waals surface area contributed by atoms with Crippen molar-refractivity contribution in [3.05, 3.63) is 83.4 Å². The van der Waals surface area contributed by atoms with Crippen molar-refractivity contribution in [3.63, 3.8) is 0 Å². The molecule has 9 nitrogen and oxygen atoms in total. The van der Waals surface area contributed by atoms with Crippen molar-refractivity contribution in [2.24, 2.45) is 10.2 Å². The van der Waals surface area contributed by atoms with E-state index in [1.165, 1.54) is 6.07 Å². The van der Waals surface area contributed by atoms with Gasteiger partial charge in [-0.05, 0) is 55.1 Å². The monoisotopic (exact) mass is 514 g/mol. The van der Waals surface area contributed by atoms with Crippen molar-refractivity contribution in [3.8, 4) is 11.5 Å². The Morgan fingerprint density at radius 3 is 2.33 bits per heavy atom. The van der Waals surface area contributed by atoms with Gasteiger partial charge in [-0.3, -0.25) is 9.35 Å². The van der Waals surface area contributed by atoms with Crippen LogP contribution in [0, 0.1) is 13.8 Å². The van der Waals surface area contributed by atoms with Gasteiger partial charge in [0, 0.05) is 40.6 Å². The maximum atomic E-state index is 13.1. The normalized spacial score (nSPS) is 11.4. The van der Waals surface area contributed by atoms with Crippen LogP contribution in [-0.4, -0.2) is 58.6 Å². The van der Waals surface area contributed by atoms with Crippen molar-refractivity contribution >= 4 is 73.4 Å². The third-order valence-electron chi connectivity index (χ3n) is 5.37. The summed E-state index contributed by atoms with van der Waals surface area (Å²) in [6.45, 7) is 3.80. The summed E-state index contributed by atoms with van der Waals surface area (Å²) < 4.78 is 32.1. The molecule has 1 radical (unpaired) electrons. The smallest absolute Gasteiger partial charge is 0.294 e. The van der Waals surface area contributed by atoms with Crippen molar-refractivity contribution < 1.29 is 28.0 Å². The molecule has 0 unspecified atom stereocenters. The number of amides is 1. The molecular weight excluding hydrogens is 493 g/mol. The Bertz CT molecular complexity index is 1620. The number of anilines is 1. The number of nitrogens with zero attached hydrogens (tertiary/aromatic N) is 2. The van der Waals surface area contributed by atoms with Gasteiger partial charge in [0.2, 0.25) is 0 Å². The Balaban J connectivity index is 0.00000361. The fraction of sp³-hybridized carbons (Fsp3) is 0.0800. The van der Waals surface area contributed by atoms with Crippen molar-refractivity contribution in [1.82, 2.24) is 0 Å². The number of phenols is 2. The average molecular weight is 515 g/mol. The van der Waals surface area contributed by atoms with Gasteiger partial charge in [-0.25, -0.2) is 0 Å². The Morgan fingerprint density at radius 1 is 0.917 bits per heavy atom. The van der Waals surface area contributed by atoms with Crippen LogP contribution < -0.4 is 5.32 Å². The first kappa shape index (κ1) is 27.3. The van der Waals surface area contributed by atoms with E-state index < -0.39 is 32.4 Å². The van der Waals surface area contributed by atoms with Crippen LogP contribution in [0.15, 0.2) is 81.9 Å². The summed E-state index contributed by atoms with van der Waals surface area (Å²) in [7, 11) is -4.54. The average Bonchev–Trinajstić information content (AvgIpc) is 2.80. The molecule has 0 saturated carbocycles. The number of benzene rings is 4. The zero-order valence-corrected chi connectivity index (χ0v) is 22.5. The molecule has 0 spiro atoms. The topological polar surface area (TPSA) is 149 Å². The Labute approximate surface area is 229 Å². The molecule has 0 aliphatic rings. The quantitative estimate of drug-likeness (QED) is 0.159. The second-order valence-corrected chi connectivity index (χ2v) is 9.36. The molecule has 4 aromatic carbocycles. The Kier molecular flexibility index (Phi) is 8.17. The number of aryl methyl sites for hydroxylation is 2. The number of hydrogen-bond acceptors (Lipinski definition) is 7. The predicted molar refractivity (Wildman–Crippen MR) is 137 cm³/mol. The third kappa shape index (κ3) is 5.75. The van der Waals surface area contributed by atoms with E-state index in [-0.39, 0.29) is 46.5 Å². The van der Waals surface area contributed by atoms with E-state index in [1.54, 1.807) is 30.3 Å². The van der Waals surface area contributed by atoms with Gasteiger partial charge in [0.15, 0.2) is 5.75 Å². The Hall–Kier alpha value is -3.28. The number of carbonyl (C=O) groups is 1. The van der Waals surface area contributed by atoms with Crippen molar-refractivity contribution in [2.75, 3.05) is 5.32 Å². The van der Waals surface area contributed by atoms with Crippen molar-refractivity contribution in [1.29, 1.82) is 0 Å². The molecule has 11 heteroatoms. The van der Waals surface area contributed by atoms with Gasteiger partial charge in [0.1, 0.15) is 17.1 Å². The van der Waals surface area contributed by atoms with Crippen LogP contribution in [0.5, 0.6) is 11.5 Å². The molecule has 0 atom stereocenters. The first-order valence-electron chi connectivity index (χ1n) is 10.4. The summed E-state index contributed by atoms with van der Waals surface area (Å²) in [5, 5.41) is 32.8. The van der Waals surface area contributed by atoms with Gasteiger partial charge in [-0.2, -0.15) is 8.42 Å². The minimum Gasteiger partial charge on any atom is -0.506 e. The first-order chi connectivity index (χ1) is 16.5. The van der Waals surface area contributed by atoms with Gasteiger partial charge in [-0.15, -0.1) is 10.2 Å². The number of nitrogens with one attached hydrogen (secondary N) is 1. The van der Waals surface area contributed by atoms with E-state index in [9.17, 15) is 28.0 Å². The van der Waals surface area contributed by atoms with Crippen molar-refractivity contribution in [2.45, 2.75) is 18.7 Å². The fourth-order valence-electron chi connectivity index (χ4n) is 3.58. The number of azo groups is 1. The zero-order chi connectivity index (χ0) is 25.3. The van der Waals surface area contributed by atoms with E-state index in [0.717, 1.165) is 29.3 Å². The van der Waals surface area contributed by atoms with E-state index >= 15 is 0 Å². The molecule has 4 rings (SSSR count). The molecule has 0 fully saturated rings. The summed E-state index contributed by atoms with van der Waals surface area (Å²) >= 11 is 0. The zero-order valence-electron chi connectivity index (χ0n) is 19.7. The Morgan fingerprint density at radius 2 is 1.64 bits per heavy atom. The third-order valence-corrected chi connectivity index (χ3v) is 6.22. The van der Waals surface area contributed by atoms with E-state index in [1.807, 2.05) is 26.0 Å². The maximum Gasteiger partial charge on any atom is 0.294 e. The van der Waals surface area contributed by atoms with Gasteiger partial charge < -0.3 is 15.5 Å². The standard InChI is InChI=1S/C25H21N3O6S.Na/c1-14-7-9-20(15(2)11-14)26-25(31)19-12-16-5-3-4-6-18(16)23(24(19)30)28-27-21-13-17(35(32,33)34)8-10-22(21)29;/h3-13,29-30H,1-2H3,(H,26,31)(H,32,33,34);. The summed E-state index contributed by atoms with van der Waals surface area (Å²) in [6, 6.07) is 16.9. The number of rotatable bonds is 5. The summed E-state index contributed by atoms with van der Waals surface area (Å²) in [5.74, 6) is -1.40. The second-order valence-electron chi connectivity index (χ2n) is 7.94. The van der Waals surface area contributed by atoms with E-state index in [2.05, 4.69) is 15.5 Å². The fourth-order valence-corrected chi connectivity index (χ4v) is 4.08. The molecule has 1 amide bonds. The first-order valence-corrected chi connectivity index (χ1v) is 11.8. The van der Waals surface area contributed by atoms with Gasteiger partial charge in [0.25, 0.3) is 16.0 Å². The molecule has 0 bridgehead atoms. The van der Waals surface area contributed by atoms with Crippen LogP contribution in [0.4, 0.5) is 17.1 Å². The van der Waals surface area contributed by atoms with Gasteiger partial charge in [0.05, 0.1) is 10.5 Å². The summed E-state index contributed by atoms with van der Waals surface area (Å²) in [5.41, 5.74) is 2.13. The van der Waals surface area contributed by atoms with Gasteiger partial charge in [-0.1, -0.05) is 42.0 Å². The molecule has 0 aromatic heterocycles. The number of aromatic hydroxyl groups is 2. The summed E-state index contributed by atoms with van der Waals surface area (Å²) in [4.78, 5) is 12.6. The minimum absolute atomic E-state index is 0. The molecule has 36 heavy (non-hydrogen) atoms. The molecular formula is C25H21N3NaO6S. The van der Waals surface area contributed by atoms with Gasteiger partial charge >= 0.3 is 0 Å². The largest absolute Gasteiger partial charge is 0.506 e. The summed E-state index contributed by atoms with van der Waals surface area (Å²) in [6.07, 6.45) is 0. The maximum absolute atomic E-state index is 13.1. The van der Waals surface area contributed by atoms with Crippen LogP contribution in [0.1, 0.15) is 21.5 Å². The number of hydrogen-bond donors (Lipinski definition) is 4. The molecule has 0 aliphatic carbocycles. The molecule has 179 valence electrons. The van der Waals surface area contributed by atoms with E-state index in [0.29, 0.717) is 16.5 Å². The second kappa shape index (κ2) is 10.8. The number of fused-ring (bicyclic) bond motifs is 1.